The number of rotatable bonds is 25. The highest BCUT2D eigenvalue weighted by molar-refractivity contribution is 7.54. The quantitative estimate of drug-likeness (QED) is 0.0373. The van der Waals surface area contributed by atoms with E-state index in [2.05, 4.69) is 45.9 Å². The van der Waals surface area contributed by atoms with Crippen molar-refractivity contribution in [3.8, 4) is 5.75 Å². The van der Waals surface area contributed by atoms with E-state index < -0.39 is 31.2 Å². The van der Waals surface area contributed by atoms with Crippen molar-refractivity contribution in [2.24, 2.45) is 5.92 Å². The molecule has 3 aromatic rings. The summed E-state index contributed by atoms with van der Waals surface area (Å²) in [4.78, 5) is 35.6. The van der Waals surface area contributed by atoms with E-state index in [9.17, 15) is 19.3 Å². The smallest absolute Gasteiger partial charge is 0.379 e. The van der Waals surface area contributed by atoms with Crippen LogP contribution in [0, 0.1) is 5.92 Å². The van der Waals surface area contributed by atoms with Gasteiger partial charge in [0.25, 0.3) is 5.56 Å². The molecule has 0 bridgehead atoms. The lowest BCUT2D eigenvalue weighted by Gasteiger charge is -2.23. The number of benzene rings is 1. The van der Waals surface area contributed by atoms with Crippen molar-refractivity contribution >= 4 is 42.2 Å². The molecule has 1 saturated carbocycles. The number of aliphatic hydroxyl groups excluding tert-OH is 1. The van der Waals surface area contributed by atoms with Gasteiger partial charge in [0.05, 0.1) is 31.2 Å². The number of H-pyrrole nitrogens is 1. The van der Waals surface area contributed by atoms with Gasteiger partial charge in [-0.15, -0.1) is 0 Å². The van der Waals surface area contributed by atoms with Crippen LogP contribution in [-0.4, -0.2) is 56.0 Å². The topological polar surface area (TPSA) is 174 Å². The van der Waals surface area contributed by atoms with Crippen molar-refractivity contribution in [3.05, 3.63) is 70.3 Å². The van der Waals surface area contributed by atoms with Gasteiger partial charge >= 0.3 is 7.60 Å². The summed E-state index contributed by atoms with van der Waals surface area (Å²) >= 11 is 6.04. The number of unbranched alkanes of at least 4 members (excludes halogenated alkanes) is 11. The highest BCUT2D eigenvalue weighted by Crippen LogP contribution is 2.51. The van der Waals surface area contributed by atoms with Crippen LogP contribution in [0.25, 0.3) is 11.2 Å². The standard InChI is InChI=1S/C39H58ClN6O6P/c1-3-4-5-6-7-8-9-10-11-12-13-14-15-16-17-19-35(48)42-24-18-25-53(50,52-31-22-20-30(40)21-23-31)51-27-32-29(2)33(26-34(32)47)46-28-43-36-37(46)44-39(41)45-38(36)49/h10-11,20-23,28,32-34,47H,2-9,12-19,24-27H2,1H3,(H,42,48)(H3,41,44,45,49)/b11-10-/t32-,33?,34-,53?/m0/s1. The van der Waals surface area contributed by atoms with Gasteiger partial charge in [0, 0.05) is 23.9 Å². The Morgan fingerprint density at radius 3 is 2.43 bits per heavy atom. The van der Waals surface area contributed by atoms with Crippen LogP contribution in [-0.2, 0) is 13.9 Å². The number of carbonyl (C=O) groups excluding carboxylic acids is 1. The van der Waals surface area contributed by atoms with Gasteiger partial charge in [-0.2, -0.15) is 4.98 Å². The van der Waals surface area contributed by atoms with E-state index in [1.165, 1.54) is 64.1 Å². The first kappa shape index (κ1) is 42.3. The van der Waals surface area contributed by atoms with Gasteiger partial charge in [-0.1, -0.05) is 88.6 Å². The molecule has 4 atom stereocenters. The zero-order valence-electron chi connectivity index (χ0n) is 31.1. The van der Waals surface area contributed by atoms with Crippen LogP contribution >= 0.6 is 19.2 Å². The molecule has 1 amide bonds. The number of anilines is 1. The van der Waals surface area contributed by atoms with Crippen LogP contribution in [0.2, 0.25) is 5.02 Å². The first-order chi connectivity index (χ1) is 25.6. The van der Waals surface area contributed by atoms with E-state index in [1.807, 2.05) is 0 Å². The van der Waals surface area contributed by atoms with E-state index in [-0.39, 0.29) is 42.2 Å². The average molecular weight is 773 g/mol. The minimum absolute atomic E-state index is 0.0290. The van der Waals surface area contributed by atoms with E-state index in [0.29, 0.717) is 35.7 Å². The Labute approximate surface area is 318 Å². The van der Waals surface area contributed by atoms with Crippen molar-refractivity contribution < 1.29 is 23.5 Å². The lowest BCUT2D eigenvalue weighted by atomic mass is 10.0. The van der Waals surface area contributed by atoms with Crippen LogP contribution in [0.15, 0.2) is 59.7 Å². The summed E-state index contributed by atoms with van der Waals surface area (Å²) in [6.07, 6.45) is 22.0. The van der Waals surface area contributed by atoms with Gasteiger partial charge in [0.1, 0.15) is 5.75 Å². The first-order valence-corrected chi connectivity index (χ1v) is 21.4. The number of carbonyl (C=O) groups is 1. The van der Waals surface area contributed by atoms with Crippen LogP contribution in [0.1, 0.15) is 116 Å². The minimum atomic E-state index is -3.75. The van der Waals surface area contributed by atoms with Crippen LogP contribution in [0.3, 0.4) is 0 Å². The maximum atomic E-state index is 14.1. The predicted molar refractivity (Wildman–Crippen MR) is 212 cm³/mol. The summed E-state index contributed by atoms with van der Waals surface area (Å²) in [5.41, 5.74) is 6.32. The Morgan fingerprint density at radius 1 is 1.08 bits per heavy atom. The van der Waals surface area contributed by atoms with Gasteiger partial charge in [0.2, 0.25) is 11.9 Å². The molecule has 0 saturated heterocycles. The Hall–Kier alpha value is -3.44. The lowest BCUT2D eigenvalue weighted by Crippen LogP contribution is -2.25. The van der Waals surface area contributed by atoms with Crippen molar-refractivity contribution in [2.45, 2.75) is 122 Å². The average Bonchev–Trinajstić information content (AvgIpc) is 3.67. The number of aromatic amines is 1. The molecule has 2 aromatic heterocycles. The molecule has 12 nitrogen and oxygen atoms in total. The first-order valence-electron chi connectivity index (χ1n) is 19.3. The molecule has 1 aliphatic rings. The van der Waals surface area contributed by atoms with Crippen LogP contribution in [0.5, 0.6) is 5.75 Å². The number of nitrogen functional groups attached to an aromatic ring is 1. The second kappa shape index (κ2) is 22.1. The van der Waals surface area contributed by atoms with E-state index >= 15 is 0 Å². The van der Waals surface area contributed by atoms with Crippen LogP contribution < -0.4 is 21.1 Å². The summed E-state index contributed by atoms with van der Waals surface area (Å²) in [5.74, 6) is -0.329. The minimum Gasteiger partial charge on any atom is -0.424 e. The maximum Gasteiger partial charge on any atom is 0.379 e. The number of hydrogen-bond donors (Lipinski definition) is 4. The largest absolute Gasteiger partial charge is 0.424 e. The summed E-state index contributed by atoms with van der Waals surface area (Å²) < 4.78 is 27.7. The number of nitrogens with one attached hydrogen (secondary N) is 2. The molecule has 0 spiro atoms. The molecule has 0 radical (unpaired) electrons. The fourth-order valence-electron chi connectivity index (χ4n) is 6.65. The monoisotopic (exact) mass is 772 g/mol. The number of fused-ring (bicyclic) bond motifs is 1. The maximum absolute atomic E-state index is 14.1. The molecular weight excluding hydrogens is 715 g/mol. The predicted octanol–water partition coefficient (Wildman–Crippen LogP) is 8.67. The Balaban J connectivity index is 1.18. The lowest BCUT2D eigenvalue weighted by molar-refractivity contribution is -0.121. The molecule has 2 unspecified atom stereocenters. The number of imidazole rings is 1. The number of aromatic nitrogens is 4. The Kier molecular flexibility index (Phi) is 17.6. The zero-order valence-corrected chi connectivity index (χ0v) is 32.8. The van der Waals surface area contributed by atoms with Gasteiger partial charge in [0.15, 0.2) is 11.2 Å². The molecule has 292 valence electrons. The number of amides is 1. The SMILES string of the molecule is C=C1C(n2cnc3c(=O)[nH]c(N)nc32)C[C@H](O)[C@H]1COP(=O)(CCCNC(=O)CCCCCCC/C=C\CCCCCCCC)Oc1ccc(Cl)cc1. The fraction of sp³-hybridized carbons (Fsp3) is 0.590. The second-order valence-electron chi connectivity index (χ2n) is 14.0. The summed E-state index contributed by atoms with van der Waals surface area (Å²) in [6.45, 7) is 6.66. The van der Waals surface area contributed by atoms with E-state index in [0.717, 1.165) is 25.7 Å². The third kappa shape index (κ3) is 13.7. The third-order valence-corrected chi connectivity index (χ3v) is 11.9. The van der Waals surface area contributed by atoms with Gasteiger partial charge in [-0.05, 0) is 74.8 Å². The molecule has 5 N–H and O–H groups in total. The molecule has 14 heteroatoms. The number of halogens is 1. The van der Waals surface area contributed by atoms with Gasteiger partial charge in [-0.3, -0.25) is 19.1 Å². The summed E-state index contributed by atoms with van der Waals surface area (Å²) in [7, 11) is -3.75. The van der Waals surface area contributed by atoms with Crippen molar-refractivity contribution in [1.82, 2.24) is 24.8 Å². The molecule has 0 aliphatic heterocycles. The molecule has 4 rings (SSSR count). The van der Waals surface area contributed by atoms with E-state index in [4.69, 9.17) is 26.4 Å². The number of allylic oxidation sites excluding steroid dienone is 2. The normalized spacial score (nSPS) is 18.5. The summed E-state index contributed by atoms with van der Waals surface area (Å²) in [5, 5.41) is 14.5. The van der Waals surface area contributed by atoms with Crippen molar-refractivity contribution in [2.75, 3.05) is 25.0 Å². The van der Waals surface area contributed by atoms with Crippen molar-refractivity contribution in [3.63, 3.8) is 0 Å². The molecular formula is C39H58ClN6O6P. The molecule has 1 fully saturated rings. The zero-order chi connectivity index (χ0) is 38.1. The Bertz CT molecular complexity index is 1730. The van der Waals surface area contributed by atoms with Crippen molar-refractivity contribution in [1.29, 1.82) is 0 Å². The molecule has 1 aromatic carbocycles. The Morgan fingerprint density at radius 2 is 1.74 bits per heavy atom. The number of aliphatic hydroxyl groups is 1. The highest BCUT2D eigenvalue weighted by Gasteiger charge is 2.40. The fourth-order valence-corrected chi connectivity index (χ4v) is 8.43. The number of nitrogens with zero attached hydrogens (tertiary/aromatic N) is 3. The second-order valence-corrected chi connectivity index (χ2v) is 16.5. The molecule has 53 heavy (non-hydrogen) atoms. The number of nitrogens with two attached hydrogens (primary N) is 1. The molecule has 2 heterocycles. The van der Waals surface area contributed by atoms with Gasteiger partial charge < -0.3 is 25.2 Å². The van der Waals surface area contributed by atoms with Gasteiger partial charge in [-0.25, -0.2) is 9.55 Å². The van der Waals surface area contributed by atoms with E-state index in [1.54, 1.807) is 28.8 Å². The highest BCUT2D eigenvalue weighted by atomic mass is 35.5. The summed E-state index contributed by atoms with van der Waals surface area (Å²) in [6, 6.07) is 6.04. The number of hydrogen-bond acceptors (Lipinski definition) is 9. The van der Waals surface area contributed by atoms with Crippen LogP contribution in [0.4, 0.5) is 5.95 Å². The third-order valence-electron chi connectivity index (χ3n) is 9.73. The molecule has 1 aliphatic carbocycles.